The van der Waals surface area contributed by atoms with Crippen LogP contribution in [0.2, 0.25) is 5.02 Å². The molecule has 1 N–H and O–H groups in total. The van der Waals surface area contributed by atoms with E-state index in [-0.39, 0.29) is 17.7 Å². The highest BCUT2D eigenvalue weighted by atomic mass is 35.5. The zero-order chi connectivity index (χ0) is 25.1. The summed E-state index contributed by atoms with van der Waals surface area (Å²) in [5, 5.41) is 10.6. The summed E-state index contributed by atoms with van der Waals surface area (Å²) in [6.07, 6.45) is 0.00763. The summed E-state index contributed by atoms with van der Waals surface area (Å²) in [5.41, 5.74) is 1.05. The summed E-state index contributed by atoms with van der Waals surface area (Å²) >= 11 is 5.88. The van der Waals surface area contributed by atoms with Crippen LogP contribution in [-0.2, 0) is 21.2 Å². The summed E-state index contributed by atoms with van der Waals surface area (Å²) < 4.78 is 36.1. The Hall–Kier alpha value is -3.07. The number of hydrogen-bond acceptors (Lipinski definition) is 6. The van der Waals surface area contributed by atoms with Gasteiger partial charge in [0.05, 0.1) is 12.0 Å². The number of aliphatic carboxylic acids is 1. The smallest absolute Gasteiger partial charge is 0.325 e. The number of carboxylic acids is 1. The van der Waals surface area contributed by atoms with Crippen molar-refractivity contribution >= 4 is 27.4 Å². The maximum atomic E-state index is 13.5. The number of rotatable bonds is 8. The molecule has 0 aromatic heterocycles. The van der Waals surface area contributed by atoms with Crippen LogP contribution in [0.15, 0.2) is 77.7 Å². The fourth-order valence-electron chi connectivity index (χ4n) is 4.21. The first-order valence-corrected chi connectivity index (χ1v) is 13.0. The molecule has 0 radical (unpaired) electrons. The molecule has 3 aromatic carbocycles. The Morgan fingerprint density at radius 2 is 1.43 bits per heavy atom. The van der Waals surface area contributed by atoms with Gasteiger partial charge in [-0.15, -0.1) is 0 Å². The number of likely N-dealkylation sites (tertiary alicyclic amines) is 1. The Morgan fingerprint density at radius 3 is 1.94 bits per heavy atom. The number of ether oxygens (including phenoxy) is 2. The van der Waals surface area contributed by atoms with E-state index in [1.54, 1.807) is 31.4 Å². The second-order valence-corrected chi connectivity index (χ2v) is 11.2. The van der Waals surface area contributed by atoms with Crippen molar-refractivity contribution in [3.8, 4) is 17.2 Å². The second kappa shape index (κ2) is 10.3. The highest BCUT2D eigenvalue weighted by molar-refractivity contribution is 7.93. The molecule has 184 valence electrons. The van der Waals surface area contributed by atoms with Crippen LogP contribution in [-0.4, -0.2) is 49.3 Å². The Morgan fingerprint density at radius 1 is 0.914 bits per heavy atom. The van der Waals surface area contributed by atoms with Gasteiger partial charge in [-0.2, -0.15) is 0 Å². The largest absolute Gasteiger partial charge is 0.497 e. The molecule has 0 atom stereocenters. The number of methoxy groups -OCH3 is 1. The van der Waals surface area contributed by atoms with Crippen molar-refractivity contribution in [2.45, 2.75) is 29.0 Å². The molecule has 35 heavy (non-hydrogen) atoms. The van der Waals surface area contributed by atoms with Crippen molar-refractivity contribution in [2.75, 3.05) is 20.2 Å². The minimum atomic E-state index is -4.14. The molecule has 0 bridgehead atoms. The zero-order valence-electron chi connectivity index (χ0n) is 19.2. The van der Waals surface area contributed by atoms with E-state index in [1.165, 1.54) is 24.3 Å². The van der Waals surface area contributed by atoms with E-state index in [2.05, 4.69) is 4.90 Å². The zero-order valence-corrected chi connectivity index (χ0v) is 20.8. The minimum Gasteiger partial charge on any atom is -0.497 e. The Labute approximate surface area is 209 Å². The summed E-state index contributed by atoms with van der Waals surface area (Å²) in [6, 6.07) is 20.2. The van der Waals surface area contributed by atoms with Gasteiger partial charge in [0.1, 0.15) is 17.2 Å². The number of benzene rings is 3. The molecule has 7 nitrogen and oxygen atoms in total. The van der Waals surface area contributed by atoms with Gasteiger partial charge in [0.25, 0.3) is 0 Å². The summed E-state index contributed by atoms with van der Waals surface area (Å²) in [4.78, 5) is 14.4. The van der Waals surface area contributed by atoms with E-state index in [1.807, 2.05) is 24.3 Å². The molecule has 0 saturated carbocycles. The van der Waals surface area contributed by atoms with Gasteiger partial charge in [0.15, 0.2) is 14.6 Å². The lowest BCUT2D eigenvalue weighted by molar-refractivity contribution is -0.141. The van der Waals surface area contributed by atoms with Crippen molar-refractivity contribution < 1.29 is 27.8 Å². The average Bonchev–Trinajstić information content (AvgIpc) is 2.86. The maximum Gasteiger partial charge on any atom is 0.325 e. The number of sulfone groups is 1. The monoisotopic (exact) mass is 515 g/mol. The van der Waals surface area contributed by atoms with Crippen LogP contribution in [0.25, 0.3) is 0 Å². The third kappa shape index (κ3) is 5.29. The number of halogens is 1. The van der Waals surface area contributed by atoms with E-state index >= 15 is 0 Å². The predicted molar refractivity (Wildman–Crippen MR) is 133 cm³/mol. The Bertz CT molecular complexity index is 1270. The predicted octanol–water partition coefficient (Wildman–Crippen LogP) is 5.03. The Kier molecular flexibility index (Phi) is 7.35. The molecule has 0 spiro atoms. The van der Waals surface area contributed by atoms with Gasteiger partial charge in [-0.05, 0) is 79.1 Å². The third-order valence-corrected chi connectivity index (χ3v) is 9.07. The van der Waals surface area contributed by atoms with Crippen LogP contribution < -0.4 is 9.47 Å². The quantitative estimate of drug-likeness (QED) is 0.449. The maximum absolute atomic E-state index is 13.5. The molecule has 1 fully saturated rings. The van der Waals surface area contributed by atoms with Crippen molar-refractivity contribution in [1.29, 1.82) is 0 Å². The van der Waals surface area contributed by atoms with Gasteiger partial charge in [0, 0.05) is 24.7 Å². The topological polar surface area (TPSA) is 93.1 Å². The van der Waals surface area contributed by atoms with E-state index in [4.69, 9.17) is 21.1 Å². The first kappa shape index (κ1) is 25.0. The van der Waals surface area contributed by atoms with Gasteiger partial charge >= 0.3 is 5.97 Å². The lowest BCUT2D eigenvalue weighted by atomic mass is 9.95. The number of carboxylic acid groups (broad SMARTS) is 1. The van der Waals surface area contributed by atoms with Crippen molar-refractivity contribution in [3.63, 3.8) is 0 Å². The van der Waals surface area contributed by atoms with Crippen LogP contribution in [0.4, 0.5) is 0 Å². The van der Waals surface area contributed by atoms with E-state index in [9.17, 15) is 18.3 Å². The van der Waals surface area contributed by atoms with Crippen LogP contribution >= 0.6 is 11.6 Å². The van der Waals surface area contributed by atoms with E-state index in [0.717, 1.165) is 11.3 Å². The lowest BCUT2D eigenvalue weighted by Crippen LogP contribution is -2.54. The molecule has 9 heteroatoms. The number of piperidine rings is 1. The SMILES string of the molecule is COc1ccc(CN2CCC(C(=O)O)(S(=O)(=O)c3ccc(Oc4ccc(Cl)cc4)cc3)CC2)cc1. The lowest BCUT2D eigenvalue weighted by Gasteiger charge is -2.38. The fourth-order valence-corrected chi connectivity index (χ4v) is 6.23. The van der Waals surface area contributed by atoms with Crippen LogP contribution in [0.3, 0.4) is 0 Å². The molecule has 4 rings (SSSR count). The van der Waals surface area contributed by atoms with Crippen LogP contribution in [0.5, 0.6) is 17.2 Å². The summed E-state index contributed by atoms with van der Waals surface area (Å²) in [5.74, 6) is 0.428. The van der Waals surface area contributed by atoms with Crippen LogP contribution in [0.1, 0.15) is 18.4 Å². The summed E-state index contributed by atoms with van der Waals surface area (Å²) in [6.45, 7) is 1.32. The molecular formula is C26H26ClNO6S. The van der Waals surface area contributed by atoms with Gasteiger partial charge in [-0.1, -0.05) is 23.7 Å². The van der Waals surface area contributed by atoms with Crippen molar-refractivity contribution in [3.05, 3.63) is 83.4 Å². The van der Waals surface area contributed by atoms with Gasteiger partial charge in [-0.3, -0.25) is 9.69 Å². The van der Waals surface area contributed by atoms with Crippen LogP contribution in [0, 0.1) is 0 Å². The molecule has 0 amide bonds. The standard InChI is InChI=1S/C26H26ClNO6S/c1-33-21-6-2-19(3-7-21)18-28-16-14-26(15-17-28,25(29)30)35(31,32)24-12-10-23(11-13-24)34-22-8-4-20(27)5-9-22/h2-13H,14-18H2,1H3,(H,29,30). The fraction of sp³-hybridized carbons (Fsp3) is 0.269. The number of hydrogen-bond donors (Lipinski definition) is 1. The molecule has 0 unspecified atom stereocenters. The highest BCUT2D eigenvalue weighted by Gasteiger charge is 2.53. The van der Waals surface area contributed by atoms with E-state index < -0.39 is 20.6 Å². The first-order chi connectivity index (χ1) is 16.7. The molecule has 1 saturated heterocycles. The molecule has 1 aliphatic rings. The minimum absolute atomic E-state index is 0.00382. The first-order valence-electron chi connectivity index (χ1n) is 11.1. The summed E-state index contributed by atoms with van der Waals surface area (Å²) in [7, 11) is -2.54. The van der Waals surface area contributed by atoms with Crippen molar-refractivity contribution in [2.24, 2.45) is 0 Å². The molecule has 0 aliphatic carbocycles. The second-order valence-electron chi connectivity index (χ2n) is 8.45. The highest BCUT2D eigenvalue weighted by Crippen LogP contribution is 2.37. The van der Waals surface area contributed by atoms with Gasteiger partial charge < -0.3 is 14.6 Å². The third-order valence-electron chi connectivity index (χ3n) is 6.32. The number of nitrogens with zero attached hydrogens (tertiary/aromatic N) is 1. The van der Waals surface area contributed by atoms with E-state index in [0.29, 0.717) is 36.2 Å². The molecule has 1 aliphatic heterocycles. The molecular weight excluding hydrogens is 490 g/mol. The van der Waals surface area contributed by atoms with Gasteiger partial charge in [-0.25, -0.2) is 8.42 Å². The molecule has 3 aromatic rings. The average molecular weight is 516 g/mol. The normalized spacial score (nSPS) is 15.9. The molecule has 1 heterocycles. The Balaban J connectivity index is 1.47. The number of carbonyl (C=O) groups is 1. The van der Waals surface area contributed by atoms with Crippen molar-refractivity contribution in [1.82, 2.24) is 4.90 Å². The van der Waals surface area contributed by atoms with Gasteiger partial charge in [0.2, 0.25) is 0 Å².